The van der Waals surface area contributed by atoms with Gasteiger partial charge in [-0.05, 0) is 31.6 Å². The van der Waals surface area contributed by atoms with Gasteiger partial charge in [0, 0.05) is 19.0 Å². The maximum atomic E-state index is 12.6. The number of carbonyl (C=O) groups is 2. The third-order valence-electron chi connectivity index (χ3n) is 5.28. The monoisotopic (exact) mass is 278 g/mol. The number of nitrogens with one attached hydrogen (secondary N) is 1. The van der Waals surface area contributed by atoms with Crippen LogP contribution in [0.4, 0.5) is 0 Å². The first-order valence-electron chi connectivity index (χ1n) is 8.34. The maximum absolute atomic E-state index is 12.6. The van der Waals surface area contributed by atoms with Crippen molar-refractivity contribution in [2.75, 3.05) is 6.54 Å². The van der Waals surface area contributed by atoms with Crippen molar-refractivity contribution in [2.45, 2.75) is 76.3 Å². The normalized spacial score (nSPS) is 31.6. The average molecular weight is 278 g/mol. The first-order valence-corrected chi connectivity index (χ1v) is 8.34. The van der Waals surface area contributed by atoms with Gasteiger partial charge in [-0.1, -0.05) is 32.1 Å². The minimum absolute atomic E-state index is 0.0337. The van der Waals surface area contributed by atoms with Crippen molar-refractivity contribution in [1.82, 2.24) is 10.2 Å². The Labute approximate surface area is 121 Å². The fourth-order valence-corrected chi connectivity index (χ4v) is 4.18. The molecule has 0 aromatic rings. The second-order valence-electron chi connectivity index (χ2n) is 6.73. The summed E-state index contributed by atoms with van der Waals surface area (Å²) >= 11 is 0. The fourth-order valence-electron chi connectivity index (χ4n) is 4.18. The average Bonchev–Trinajstić information content (AvgIpc) is 3.08. The van der Waals surface area contributed by atoms with E-state index in [-0.39, 0.29) is 17.9 Å². The molecule has 1 saturated carbocycles. The van der Waals surface area contributed by atoms with E-state index in [1.165, 1.54) is 38.5 Å². The lowest BCUT2D eigenvalue weighted by Crippen LogP contribution is -2.47. The van der Waals surface area contributed by atoms with Gasteiger partial charge in [-0.3, -0.25) is 9.59 Å². The number of likely N-dealkylation sites (tertiary alicyclic amines) is 1. The Morgan fingerprint density at radius 3 is 2.60 bits per heavy atom. The predicted molar refractivity (Wildman–Crippen MR) is 77.1 cm³/mol. The zero-order valence-electron chi connectivity index (χ0n) is 12.3. The highest BCUT2D eigenvalue weighted by molar-refractivity contribution is 5.91. The summed E-state index contributed by atoms with van der Waals surface area (Å²) in [5.41, 5.74) is 0. The highest BCUT2D eigenvalue weighted by atomic mass is 16.2. The Morgan fingerprint density at radius 2 is 1.90 bits per heavy atom. The van der Waals surface area contributed by atoms with Gasteiger partial charge in [-0.25, -0.2) is 0 Å². The van der Waals surface area contributed by atoms with Crippen molar-refractivity contribution in [3.05, 3.63) is 0 Å². The lowest BCUT2D eigenvalue weighted by Gasteiger charge is -2.31. The lowest BCUT2D eigenvalue weighted by atomic mass is 9.84. The molecular formula is C16H26N2O2. The number of amides is 2. The SMILES string of the molecule is O=C1CC[C@H](C(=O)N2CCC[C@H]2CC2CCCCC2)N1. The van der Waals surface area contributed by atoms with Crippen LogP contribution in [0.2, 0.25) is 0 Å². The first kappa shape index (κ1) is 13.9. The molecule has 4 heteroatoms. The predicted octanol–water partition coefficient (Wildman–Crippen LogP) is 2.23. The van der Waals surface area contributed by atoms with E-state index in [0.717, 1.165) is 25.3 Å². The molecule has 1 N–H and O–H groups in total. The molecule has 0 bridgehead atoms. The molecule has 2 saturated heterocycles. The minimum atomic E-state index is -0.241. The molecule has 0 aromatic heterocycles. The van der Waals surface area contributed by atoms with Gasteiger partial charge in [0.2, 0.25) is 11.8 Å². The summed E-state index contributed by atoms with van der Waals surface area (Å²) in [4.78, 5) is 25.9. The van der Waals surface area contributed by atoms with Gasteiger partial charge in [0.15, 0.2) is 0 Å². The van der Waals surface area contributed by atoms with Gasteiger partial charge in [-0.2, -0.15) is 0 Å². The van der Waals surface area contributed by atoms with Gasteiger partial charge < -0.3 is 10.2 Å². The van der Waals surface area contributed by atoms with E-state index in [4.69, 9.17) is 0 Å². The van der Waals surface area contributed by atoms with E-state index in [1.54, 1.807) is 0 Å². The Hall–Kier alpha value is -1.06. The topological polar surface area (TPSA) is 49.4 Å². The van der Waals surface area contributed by atoms with Crippen LogP contribution in [0.5, 0.6) is 0 Å². The molecular weight excluding hydrogens is 252 g/mol. The van der Waals surface area contributed by atoms with E-state index in [9.17, 15) is 9.59 Å². The molecule has 0 radical (unpaired) electrons. The Morgan fingerprint density at radius 1 is 1.10 bits per heavy atom. The number of rotatable bonds is 3. The molecule has 3 aliphatic rings. The zero-order valence-corrected chi connectivity index (χ0v) is 12.3. The molecule has 2 aliphatic heterocycles. The summed E-state index contributed by atoms with van der Waals surface area (Å²) in [5.74, 6) is 1.03. The summed E-state index contributed by atoms with van der Waals surface area (Å²) in [6, 6.07) is 0.192. The first-order chi connectivity index (χ1) is 9.74. The van der Waals surface area contributed by atoms with Crippen molar-refractivity contribution in [2.24, 2.45) is 5.92 Å². The van der Waals surface area contributed by atoms with Crippen LogP contribution in [0.1, 0.15) is 64.2 Å². The standard InChI is InChI=1S/C16H26N2O2/c19-15-9-8-14(17-15)16(20)18-10-4-7-13(18)11-12-5-2-1-3-6-12/h12-14H,1-11H2,(H,17,19)/t13-,14+/m0/s1. The minimum Gasteiger partial charge on any atom is -0.344 e. The summed E-state index contributed by atoms with van der Waals surface area (Å²) < 4.78 is 0. The Balaban J connectivity index is 1.57. The molecule has 1 aliphatic carbocycles. The number of hydrogen-bond acceptors (Lipinski definition) is 2. The summed E-state index contributed by atoms with van der Waals surface area (Å²) in [5, 5.41) is 2.82. The lowest BCUT2D eigenvalue weighted by molar-refractivity contribution is -0.135. The maximum Gasteiger partial charge on any atom is 0.245 e. The Kier molecular flexibility index (Phi) is 4.27. The highest BCUT2D eigenvalue weighted by Gasteiger charge is 2.37. The summed E-state index contributed by atoms with van der Waals surface area (Å²) in [7, 11) is 0. The van der Waals surface area contributed by atoms with Crippen LogP contribution >= 0.6 is 0 Å². The van der Waals surface area contributed by atoms with Crippen LogP contribution in [0.25, 0.3) is 0 Å². The van der Waals surface area contributed by atoms with Gasteiger partial charge in [0.25, 0.3) is 0 Å². The third-order valence-corrected chi connectivity index (χ3v) is 5.28. The number of carbonyl (C=O) groups excluding carboxylic acids is 2. The smallest absolute Gasteiger partial charge is 0.245 e. The van der Waals surface area contributed by atoms with Crippen molar-refractivity contribution in [3.8, 4) is 0 Å². The van der Waals surface area contributed by atoms with E-state index in [2.05, 4.69) is 10.2 Å². The molecule has 2 heterocycles. The van der Waals surface area contributed by atoms with Gasteiger partial charge in [-0.15, -0.1) is 0 Å². The van der Waals surface area contributed by atoms with Crippen LogP contribution in [0.3, 0.4) is 0 Å². The van der Waals surface area contributed by atoms with Crippen LogP contribution in [-0.4, -0.2) is 35.3 Å². The number of nitrogens with zero attached hydrogens (tertiary/aromatic N) is 1. The second kappa shape index (κ2) is 6.15. The highest BCUT2D eigenvalue weighted by Crippen LogP contribution is 2.32. The van der Waals surface area contributed by atoms with Crippen molar-refractivity contribution < 1.29 is 9.59 Å². The molecule has 2 amide bonds. The number of hydrogen-bond donors (Lipinski definition) is 1. The zero-order chi connectivity index (χ0) is 13.9. The molecule has 3 rings (SSSR count). The molecule has 4 nitrogen and oxygen atoms in total. The van der Waals surface area contributed by atoms with Gasteiger partial charge in [0.1, 0.15) is 6.04 Å². The molecule has 3 fully saturated rings. The third kappa shape index (κ3) is 2.99. The molecule has 112 valence electrons. The van der Waals surface area contributed by atoms with Crippen molar-refractivity contribution >= 4 is 11.8 Å². The van der Waals surface area contributed by atoms with Gasteiger partial charge >= 0.3 is 0 Å². The van der Waals surface area contributed by atoms with Crippen LogP contribution in [-0.2, 0) is 9.59 Å². The van der Waals surface area contributed by atoms with Gasteiger partial charge in [0.05, 0.1) is 0 Å². The Bertz CT molecular complexity index is 377. The summed E-state index contributed by atoms with van der Waals surface area (Å²) in [6.07, 6.45) is 11.5. The molecule has 2 atom stereocenters. The van der Waals surface area contributed by atoms with E-state index in [0.29, 0.717) is 18.9 Å². The van der Waals surface area contributed by atoms with E-state index < -0.39 is 0 Å². The van der Waals surface area contributed by atoms with Crippen LogP contribution in [0, 0.1) is 5.92 Å². The van der Waals surface area contributed by atoms with Crippen molar-refractivity contribution in [1.29, 1.82) is 0 Å². The fraction of sp³-hybridized carbons (Fsp3) is 0.875. The van der Waals surface area contributed by atoms with Crippen molar-refractivity contribution in [3.63, 3.8) is 0 Å². The molecule has 20 heavy (non-hydrogen) atoms. The van der Waals surface area contributed by atoms with Crippen LogP contribution in [0.15, 0.2) is 0 Å². The summed E-state index contributed by atoms with van der Waals surface area (Å²) in [6.45, 7) is 0.891. The van der Waals surface area contributed by atoms with E-state index >= 15 is 0 Å². The van der Waals surface area contributed by atoms with E-state index in [1.807, 2.05) is 0 Å². The largest absolute Gasteiger partial charge is 0.344 e. The molecule has 0 spiro atoms. The second-order valence-corrected chi connectivity index (χ2v) is 6.73. The molecule has 0 aromatic carbocycles. The molecule has 0 unspecified atom stereocenters. The van der Waals surface area contributed by atoms with Crippen LogP contribution < -0.4 is 5.32 Å². The quantitative estimate of drug-likeness (QED) is 0.860.